The molecule has 25 heavy (non-hydrogen) atoms. The van der Waals surface area contributed by atoms with Crippen molar-refractivity contribution in [2.45, 2.75) is 76.9 Å². The van der Waals surface area contributed by atoms with Crippen LogP contribution >= 0.6 is 0 Å². The number of aliphatic hydroxyl groups is 1. The van der Waals surface area contributed by atoms with Gasteiger partial charge < -0.3 is 14.6 Å². The number of esters is 2. The summed E-state index contributed by atoms with van der Waals surface area (Å²) >= 11 is 0. The molecule has 0 aromatic carbocycles. The van der Waals surface area contributed by atoms with E-state index in [2.05, 4.69) is 4.74 Å². The van der Waals surface area contributed by atoms with E-state index in [0.717, 1.165) is 26.2 Å². The maximum atomic E-state index is 12.6. The van der Waals surface area contributed by atoms with Crippen molar-refractivity contribution in [1.29, 1.82) is 0 Å². The second kappa shape index (κ2) is 6.45. The highest BCUT2D eigenvalue weighted by Crippen LogP contribution is 2.52. The number of hydrogen-bond acceptors (Lipinski definition) is 5. The normalized spacial score (nSPS) is 29.8. The van der Waals surface area contributed by atoms with Crippen molar-refractivity contribution in [1.82, 2.24) is 0 Å². The van der Waals surface area contributed by atoms with Gasteiger partial charge in [0, 0.05) is 5.92 Å². The number of halogens is 3. The highest BCUT2D eigenvalue weighted by molar-refractivity contribution is 5.84. The molecule has 2 saturated carbocycles. The zero-order valence-electron chi connectivity index (χ0n) is 14.9. The molecule has 144 valence electrons. The lowest BCUT2D eigenvalue weighted by Gasteiger charge is -2.37. The fraction of sp³-hybridized carbons (Fsp3) is 0.882. The summed E-state index contributed by atoms with van der Waals surface area (Å²) < 4.78 is 47.8. The molecule has 0 aromatic heterocycles. The molecule has 2 rings (SSSR count). The van der Waals surface area contributed by atoms with Crippen LogP contribution in [-0.2, 0) is 19.1 Å². The topological polar surface area (TPSA) is 72.8 Å². The molecular formula is C17H25F3O5. The van der Waals surface area contributed by atoms with Crippen molar-refractivity contribution in [2.75, 3.05) is 0 Å². The number of rotatable bonds is 5. The smallest absolute Gasteiger partial charge is 0.427 e. The van der Waals surface area contributed by atoms with Crippen molar-refractivity contribution >= 4 is 11.9 Å². The van der Waals surface area contributed by atoms with Crippen molar-refractivity contribution < 1.29 is 37.3 Å². The van der Waals surface area contributed by atoms with Crippen molar-refractivity contribution in [2.24, 2.45) is 17.8 Å². The van der Waals surface area contributed by atoms with Gasteiger partial charge in [-0.2, -0.15) is 13.2 Å². The Morgan fingerprint density at radius 3 is 2.16 bits per heavy atom. The van der Waals surface area contributed by atoms with Gasteiger partial charge in [0.2, 0.25) is 0 Å². The van der Waals surface area contributed by atoms with Crippen LogP contribution in [0.4, 0.5) is 13.2 Å². The zero-order valence-corrected chi connectivity index (χ0v) is 14.9. The molecule has 0 saturated heterocycles. The number of fused-ring (bicyclic) bond motifs is 2. The molecule has 5 atom stereocenters. The molecule has 0 heterocycles. The minimum Gasteiger partial charge on any atom is -0.457 e. The molecule has 2 fully saturated rings. The molecule has 5 unspecified atom stereocenters. The van der Waals surface area contributed by atoms with E-state index >= 15 is 0 Å². The third kappa shape index (κ3) is 3.93. The highest BCUT2D eigenvalue weighted by Gasteiger charge is 2.58. The number of carbonyl (C=O) groups is 2. The quantitative estimate of drug-likeness (QED) is 0.758. The lowest BCUT2D eigenvalue weighted by molar-refractivity contribution is -0.259. The van der Waals surface area contributed by atoms with E-state index in [4.69, 9.17) is 4.74 Å². The van der Waals surface area contributed by atoms with E-state index in [-0.39, 0.29) is 12.8 Å². The molecule has 0 spiro atoms. The lowest BCUT2D eigenvalue weighted by Crippen LogP contribution is -2.52. The molecule has 1 N–H and O–H groups in total. The van der Waals surface area contributed by atoms with Crippen LogP contribution in [0.5, 0.6) is 0 Å². The predicted octanol–water partition coefficient (Wildman–Crippen LogP) is 2.99. The van der Waals surface area contributed by atoms with Crippen molar-refractivity contribution in [3.05, 3.63) is 0 Å². The van der Waals surface area contributed by atoms with E-state index < -0.39 is 35.4 Å². The Hall–Kier alpha value is -1.31. The Kier molecular flexibility index (Phi) is 5.16. The first-order valence-electron chi connectivity index (χ1n) is 8.48. The summed E-state index contributed by atoms with van der Waals surface area (Å²) in [5, 5.41) is 9.28. The first kappa shape index (κ1) is 20.0. The van der Waals surface area contributed by atoms with E-state index in [1.54, 1.807) is 13.8 Å². The number of hydrogen-bond donors (Lipinski definition) is 1. The van der Waals surface area contributed by atoms with Crippen LogP contribution in [0.2, 0.25) is 0 Å². The van der Waals surface area contributed by atoms with Gasteiger partial charge in [0.25, 0.3) is 5.60 Å². The molecule has 0 aromatic rings. The van der Waals surface area contributed by atoms with Gasteiger partial charge in [0.15, 0.2) is 6.10 Å². The van der Waals surface area contributed by atoms with Gasteiger partial charge in [-0.3, -0.25) is 0 Å². The molecule has 2 aliphatic carbocycles. The third-order valence-corrected chi connectivity index (χ3v) is 5.56. The minimum atomic E-state index is -5.20. The van der Waals surface area contributed by atoms with Gasteiger partial charge in [-0.05, 0) is 58.8 Å². The average Bonchev–Trinajstić information content (AvgIpc) is 3.08. The standard InChI is InChI=1S/C17H25F3O5/c1-9(24-14(22)16(4,23)17(18,19)20)13(21)25-15(2,3)12-8-10-5-6-11(12)7-10/h9-12,23H,5-8H2,1-4H3. The van der Waals surface area contributed by atoms with Crippen LogP contribution < -0.4 is 0 Å². The molecule has 8 heteroatoms. The molecule has 2 bridgehead atoms. The van der Waals surface area contributed by atoms with Gasteiger partial charge in [-0.1, -0.05) is 6.42 Å². The van der Waals surface area contributed by atoms with Crippen LogP contribution in [0.3, 0.4) is 0 Å². The Balaban J connectivity index is 1.95. The Morgan fingerprint density at radius 2 is 1.72 bits per heavy atom. The van der Waals surface area contributed by atoms with Crippen molar-refractivity contribution in [3.63, 3.8) is 0 Å². The van der Waals surface area contributed by atoms with E-state index in [9.17, 15) is 27.9 Å². The number of carbonyl (C=O) groups excluding carboxylic acids is 2. The predicted molar refractivity (Wildman–Crippen MR) is 81.3 cm³/mol. The number of ether oxygens (including phenoxy) is 2. The minimum absolute atomic E-state index is 0.191. The second-order valence-electron chi connectivity index (χ2n) is 7.92. The Morgan fingerprint density at radius 1 is 1.12 bits per heavy atom. The summed E-state index contributed by atoms with van der Waals surface area (Å²) in [6.07, 6.45) is -2.39. The largest absolute Gasteiger partial charge is 0.457 e. The SMILES string of the molecule is CC(OC(=O)C(C)(O)C(F)(F)F)C(=O)OC(C)(C)C1CC2CCC1C2. The van der Waals surface area contributed by atoms with E-state index in [0.29, 0.717) is 11.8 Å². The monoisotopic (exact) mass is 366 g/mol. The van der Waals surface area contributed by atoms with Gasteiger partial charge in [0.05, 0.1) is 0 Å². The Labute approximate surface area is 144 Å². The van der Waals surface area contributed by atoms with Crippen molar-refractivity contribution in [3.8, 4) is 0 Å². The van der Waals surface area contributed by atoms with Crippen LogP contribution in [0.1, 0.15) is 53.4 Å². The molecule has 5 nitrogen and oxygen atoms in total. The Bertz CT molecular complexity index is 541. The number of alkyl halides is 3. The van der Waals surface area contributed by atoms with E-state index in [1.807, 2.05) is 0 Å². The molecule has 0 aliphatic heterocycles. The maximum absolute atomic E-state index is 12.6. The summed E-state index contributed by atoms with van der Waals surface area (Å²) in [6, 6.07) is 0. The first-order valence-corrected chi connectivity index (χ1v) is 8.48. The van der Waals surface area contributed by atoms with Crippen LogP contribution in [0.15, 0.2) is 0 Å². The summed E-state index contributed by atoms with van der Waals surface area (Å²) in [4.78, 5) is 23.7. The van der Waals surface area contributed by atoms with Gasteiger partial charge in [-0.15, -0.1) is 0 Å². The summed E-state index contributed by atoms with van der Waals surface area (Å²) in [6.45, 7) is 4.96. The van der Waals surface area contributed by atoms with Gasteiger partial charge >= 0.3 is 18.1 Å². The summed E-state index contributed by atoms with van der Waals surface area (Å²) in [5.41, 5.74) is -4.47. The van der Waals surface area contributed by atoms with Crippen LogP contribution in [-0.4, -0.2) is 40.5 Å². The maximum Gasteiger partial charge on any atom is 0.427 e. The van der Waals surface area contributed by atoms with Crippen LogP contribution in [0, 0.1) is 17.8 Å². The lowest BCUT2D eigenvalue weighted by atomic mass is 9.78. The van der Waals surface area contributed by atoms with Crippen LogP contribution in [0.25, 0.3) is 0 Å². The first-order chi connectivity index (χ1) is 11.3. The van der Waals surface area contributed by atoms with Gasteiger partial charge in [-0.25, -0.2) is 9.59 Å². The fourth-order valence-electron chi connectivity index (χ4n) is 3.95. The fourth-order valence-corrected chi connectivity index (χ4v) is 3.95. The van der Waals surface area contributed by atoms with E-state index in [1.165, 1.54) is 6.42 Å². The second-order valence-corrected chi connectivity index (χ2v) is 7.92. The van der Waals surface area contributed by atoms with Gasteiger partial charge in [0.1, 0.15) is 5.60 Å². The molecule has 0 radical (unpaired) electrons. The average molecular weight is 366 g/mol. The molecule has 0 amide bonds. The zero-order chi connectivity index (χ0) is 19.2. The molecular weight excluding hydrogens is 341 g/mol. The highest BCUT2D eigenvalue weighted by atomic mass is 19.4. The summed E-state index contributed by atoms with van der Waals surface area (Å²) in [7, 11) is 0. The summed E-state index contributed by atoms with van der Waals surface area (Å²) in [5.74, 6) is -1.53. The molecule has 2 aliphatic rings. The third-order valence-electron chi connectivity index (χ3n) is 5.56.